The summed E-state index contributed by atoms with van der Waals surface area (Å²) in [4.78, 5) is 19.4. The Bertz CT molecular complexity index is 724. The number of methoxy groups -OCH3 is 1. The molecule has 0 amide bonds. The van der Waals surface area contributed by atoms with Crippen LogP contribution in [0.25, 0.3) is 11.3 Å². The van der Waals surface area contributed by atoms with Crippen molar-refractivity contribution in [3.8, 4) is 17.0 Å². The number of aromatic nitrogens is 2. The largest absolute Gasteiger partial charge is 0.496 e. The third-order valence-corrected chi connectivity index (χ3v) is 3.25. The standard InChI is InChI=1S/C16H17FN2O3/c1-9-15(16(2,3)21)18-7-13(19-9)11-6-14(22-4)10(8-20)5-12(11)17/h5-8,21H,1-4H3. The van der Waals surface area contributed by atoms with E-state index in [2.05, 4.69) is 9.97 Å². The first-order chi connectivity index (χ1) is 10.3. The second kappa shape index (κ2) is 5.81. The molecule has 116 valence electrons. The summed E-state index contributed by atoms with van der Waals surface area (Å²) in [6.07, 6.45) is 1.92. The van der Waals surface area contributed by atoms with Gasteiger partial charge in [-0.1, -0.05) is 0 Å². The molecule has 0 fully saturated rings. The van der Waals surface area contributed by atoms with Gasteiger partial charge in [0.15, 0.2) is 6.29 Å². The van der Waals surface area contributed by atoms with Gasteiger partial charge in [-0.3, -0.25) is 9.78 Å². The second-order valence-electron chi connectivity index (χ2n) is 5.44. The van der Waals surface area contributed by atoms with Gasteiger partial charge in [0.05, 0.1) is 36.0 Å². The predicted molar refractivity (Wildman–Crippen MR) is 79.3 cm³/mol. The lowest BCUT2D eigenvalue weighted by Gasteiger charge is -2.18. The van der Waals surface area contributed by atoms with Crippen LogP contribution in [-0.4, -0.2) is 28.5 Å². The minimum atomic E-state index is -1.13. The van der Waals surface area contributed by atoms with Gasteiger partial charge in [-0.25, -0.2) is 9.37 Å². The van der Waals surface area contributed by atoms with Crippen molar-refractivity contribution < 1.29 is 19.0 Å². The molecule has 0 radical (unpaired) electrons. The first-order valence-corrected chi connectivity index (χ1v) is 6.67. The van der Waals surface area contributed by atoms with Crippen LogP contribution < -0.4 is 4.74 Å². The molecule has 5 nitrogen and oxygen atoms in total. The molecule has 0 spiro atoms. The summed E-state index contributed by atoms with van der Waals surface area (Å²) in [7, 11) is 1.40. The van der Waals surface area contributed by atoms with E-state index in [0.717, 1.165) is 6.07 Å². The van der Waals surface area contributed by atoms with Crippen molar-refractivity contribution in [1.29, 1.82) is 0 Å². The Labute approximate surface area is 127 Å². The molecule has 1 N–H and O–H groups in total. The summed E-state index contributed by atoms with van der Waals surface area (Å²) in [5, 5.41) is 10.0. The average Bonchev–Trinajstić information content (AvgIpc) is 2.45. The molecule has 0 saturated carbocycles. The molecule has 0 unspecified atom stereocenters. The van der Waals surface area contributed by atoms with E-state index in [-0.39, 0.29) is 16.9 Å². The lowest BCUT2D eigenvalue weighted by atomic mass is 10.0. The van der Waals surface area contributed by atoms with Crippen LogP contribution >= 0.6 is 0 Å². The maximum atomic E-state index is 14.2. The molecule has 0 aliphatic carbocycles. The Morgan fingerprint density at radius 3 is 2.55 bits per heavy atom. The van der Waals surface area contributed by atoms with Crippen LogP contribution in [0.4, 0.5) is 4.39 Å². The van der Waals surface area contributed by atoms with Crippen molar-refractivity contribution in [3.05, 3.63) is 41.1 Å². The molecular formula is C16H17FN2O3. The highest BCUT2D eigenvalue weighted by atomic mass is 19.1. The van der Waals surface area contributed by atoms with Crippen LogP contribution in [0.1, 0.15) is 35.6 Å². The predicted octanol–water partition coefficient (Wildman–Crippen LogP) is 2.64. The molecule has 0 atom stereocenters. The Kier molecular flexibility index (Phi) is 4.23. The van der Waals surface area contributed by atoms with Gasteiger partial charge >= 0.3 is 0 Å². The van der Waals surface area contributed by atoms with Gasteiger partial charge in [-0.05, 0) is 32.9 Å². The monoisotopic (exact) mass is 304 g/mol. The first-order valence-electron chi connectivity index (χ1n) is 6.67. The summed E-state index contributed by atoms with van der Waals surface area (Å²) in [5.41, 5.74) is 0.407. The number of carbonyl (C=O) groups is 1. The number of halogens is 1. The van der Waals surface area contributed by atoms with Gasteiger partial charge < -0.3 is 9.84 Å². The molecule has 1 aromatic heterocycles. The van der Waals surface area contributed by atoms with Gasteiger partial charge in [-0.15, -0.1) is 0 Å². The number of aryl methyl sites for hydroxylation is 1. The number of carbonyl (C=O) groups excluding carboxylic acids is 1. The highest BCUT2D eigenvalue weighted by Crippen LogP contribution is 2.29. The first kappa shape index (κ1) is 16.0. The van der Waals surface area contributed by atoms with E-state index in [0.29, 0.717) is 23.4 Å². The Balaban J connectivity index is 2.58. The van der Waals surface area contributed by atoms with Crippen LogP contribution in [0.15, 0.2) is 18.3 Å². The lowest BCUT2D eigenvalue weighted by Crippen LogP contribution is -2.20. The van der Waals surface area contributed by atoms with Crippen molar-refractivity contribution >= 4 is 6.29 Å². The van der Waals surface area contributed by atoms with Gasteiger partial charge in [0.1, 0.15) is 17.2 Å². The highest BCUT2D eigenvalue weighted by Gasteiger charge is 2.22. The topological polar surface area (TPSA) is 72.3 Å². The van der Waals surface area contributed by atoms with Gasteiger partial charge in [0.25, 0.3) is 0 Å². The fourth-order valence-electron chi connectivity index (χ4n) is 2.25. The summed E-state index contributed by atoms with van der Waals surface area (Å²) in [5.74, 6) is -0.329. The molecule has 1 heterocycles. The summed E-state index contributed by atoms with van der Waals surface area (Å²) in [6.45, 7) is 4.90. The summed E-state index contributed by atoms with van der Waals surface area (Å²) in [6, 6.07) is 2.51. The zero-order chi connectivity index (χ0) is 16.5. The Morgan fingerprint density at radius 2 is 2.05 bits per heavy atom. The molecule has 2 aromatic rings. The fourth-order valence-corrected chi connectivity index (χ4v) is 2.25. The third-order valence-electron chi connectivity index (χ3n) is 3.25. The maximum Gasteiger partial charge on any atom is 0.153 e. The zero-order valence-corrected chi connectivity index (χ0v) is 12.8. The van der Waals surface area contributed by atoms with Crippen molar-refractivity contribution in [1.82, 2.24) is 9.97 Å². The van der Waals surface area contributed by atoms with Crippen molar-refractivity contribution in [3.63, 3.8) is 0 Å². The second-order valence-corrected chi connectivity index (χ2v) is 5.44. The Morgan fingerprint density at radius 1 is 1.36 bits per heavy atom. The molecule has 0 aliphatic heterocycles. The SMILES string of the molecule is COc1cc(-c2cnc(C(C)(C)O)c(C)n2)c(F)cc1C=O. The van der Waals surface area contributed by atoms with Crippen LogP contribution in [0.5, 0.6) is 5.75 Å². The number of hydrogen-bond acceptors (Lipinski definition) is 5. The number of nitrogens with zero attached hydrogens (tertiary/aromatic N) is 2. The molecule has 2 rings (SSSR count). The van der Waals surface area contributed by atoms with Crippen LogP contribution in [0.2, 0.25) is 0 Å². The lowest BCUT2D eigenvalue weighted by molar-refractivity contribution is 0.0726. The molecular weight excluding hydrogens is 287 g/mol. The summed E-state index contributed by atoms with van der Waals surface area (Å²) >= 11 is 0. The van der Waals surface area contributed by atoms with Gasteiger partial charge in [-0.2, -0.15) is 0 Å². The van der Waals surface area contributed by atoms with Gasteiger partial charge in [0, 0.05) is 5.56 Å². The minimum absolute atomic E-state index is 0.126. The molecule has 1 aromatic carbocycles. The van der Waals surface area contributed by atoms with Crippen LogP contribution in [0.3, 0.4) is 0 Å². The maximum absolute atomic E-state index is 14.2. The highest BCUT2D eigenvalue weighted by molar-refractivity contribution is 5.81. The van der Waals surface area contributed by atoms with E-state index in [4.69, 9.17) is 4.74 Å². The van der Waals surface area contributed by atoms with E-state index < -0.39 is 11.4 Å². The molecule has 6 heteroatoms. The quantitative estimate of drug-likeness (QED) is 0.879. The van der Waals surface area contributed by atoms with Gasteiger partial charge in [0.2, 0.25) is 0 Å². The summed E-state index contributed by atoms with van der Waals surface area (Å²) < 4.78 is 19.2. The molecule has 0 saturated heterocycles. The number of aliphatic hydroxyl groups is 1. The zero-order valence-electron chi connectivity index (χ0n) is 12.8. The number of ether oxygens (including phenoxy) is 1. The normalized spacial score (nSPS) is 11.4. The van der Waals surface area contributed by atoms with E-state index in [9.17, 15) is 14.3 Å². The van der Waals surface area contributed by atoms with Crippen molar-refractivity contribution in [2.75, 3.05) is 7.11 Å². The van der Waals surface area contributed by atoms with Crippen molar-refractivity contribution in [2.45, 2.75) is 26.4 Å². The molecule has 0 bridgehead atoms. The van der Waals surface area contributed by atoms with Crippen molar-refractivity contribution in [2.24, 2.45) is 0 Å². The minimum Gasteiger partial charge on any atom is -0.496 e. The number of rotatable bonds is 4. The number of hydrogen-bond donors (Lipinski definition) is 1. The fraction of sp³-hybridized carbons (Fsp3) is 0.312. The van der Waals surface area contributed by atoms with E-state index >= 15 is 0 Å². The molecule has 0 aliphatic rings. The van der Waals surface area contributed by atoms with Crippen LogP contribution in [-0.2, 0) is 5.60 Å². The van der Waals surface area contributed by atoms with Crippen LogP contribution in [0, 0.1) is 12.7 Å². The van der Waals surface area contributed by atoms with E-state index in [1.54, 1.807) is 20.8 Å². The van der Waals surface area contributed by atoms with E-state index in [1.165, 1.54) is 19.4 Å². The number of benzene rings is 1. The third kappa shape index (κ3) is 2.96. The smallest absolute Gasteiger partial charge is 0.153 e. The Hall–Kier alpha value is -2.34. The van der Waals surface area contributed by atoms with E-state index in [1.807, 2.05) is 0 Å². The number of aldehydes is 1. The average molecular weight is 304 g/mol. The molecule has 22 heavy (non-hydrogen) atoms.